The van der Waals surface area contributed by atoms with Crippen LogP contribution in [0.25, 0.3) is 0 Å². The smallest absolute Gasteiger partial charge is 0.407 e. The molecule has 148 valence electrons. The fourth-order valence-corrected chi connectivity index (χ4v) is 4.38. The summed E-state index contributed by atoms with van der Waals surface area (Å²) < 4.78 is 10.3. The summed E-state index contributed by atoms with van der Waals surface area (Å²) in [7, 11) is 1.33. The first-order valence-corrected chi connectivity index (χ1v) is 10.0. The van der Waals surface area contributed by atoms with Crippen molar-refractivity contribution in [3.8, 4) is 0 Å². The van der Waals surface area contributed by atoms with E-state index in [1.807, 2.05) is 20.8 Å². The van der Waals surface area contributed by atoms with Gasteiger partial charge >= 0.3 is 12.1 Å². The van der Waals surface area contributed by atoms with Crippen molar-refractivity contribution in [1.82, 2.24) is 5.32 Å². The Hall–Kier alpha value is -2.09. The Bertz CT molecular complexity index is 761. The summed E-state index contributed by atoms with van der Waals surface area (Å²) >= 11 is 1.43. The second-order valence-corrected chi connectivity index (χ2v) is 9.15. The number of esters is 1. The fourth-order valence-electron chi connectivity index (χ4n) is 3.15. The molecule has 0 aromatic carbocycles. The number of hydrogen-bond donors (Lipinski definition) is 2. The molecule has 1 fully saturated rings. The van der Waals surface area contributed by atoms with Gasteiger partial charge < -0.3 is 20.1 Å². The third-order valence-electron chi connectivity index (χ3n) is 4.56. The normalized spacial score (nSPS) is 19.0. The first-order valence-electron chi connectivity index (χ1n) is 9.21. The van der Waals surface area contributed by atoms with Gasteiger partial charge in [-0.25, -0.2) is 9.59 Å². The molecule has 1 aromatic heterocycles. The Morgan fingerprint density at radius 2 is 1.85 bits per heavy atom. The maximum Gasteiger partial charge on any atom is 0.407 e. The predicted molar refractivity (Wildman–Crippen MR) is 102 cm³/mol. The van der Waals surface area contributed by atoms with E-state index in [-0.39, 0.29) is 17.9 Å². The van der Waals surface area contributed by atoms with Crippen molar-refractivity contribution in [2.24, 2.45) is 5.92 Å². The minimum atomic E-state index is -0.566. The molecule has 2 amide bonds. The molecule has 8 heteroatoms. The van der Waals surface area contributed by atoms with Crippen LogP contribution in [0.15, 0.2) is 0 Å². The maximum absolute atomic E-state index is 12.4. The summed E-state index contributed by atoms with van der Waals surface area (Å²) in [5, 5.41) is 6.34. The van der Waals surface area contributed by atoms with E-state index in [2.05, 4.69) is 10.6 Å². The monoisotopic (exact) mass is 394 g/mol. The molecule has 0 aliphatic heterocycles. The van der Waals surface area contributed by atoms with Gasteiger partial charge in [0, 0.05) is 16.8 Å². The average Bonchev–Trinajstić information content (AvgIpc) is 3.35. The molecule has 1 unspecified atom stereocenters. The minimum absolute atomic E-state index is 0.0396. The number of alkyl carbamates (subject to hydrolysis) is 1. The Kier molecular flexibility index (Phi) is 5.46. The molecule has 0 spiro atoms. The van der Waals surface area contributed by atoms with Crippen LogP contribution in [0.2, 0.25) is 0 Å². The number of fused-ring (bicyclic) bond motifs is 1. The molecule has 2 aliphatic rings. The van der Waals surface area contributed by atoms with Crippen molar-refractivity contribution in [3.05, 3.63) is 16.0 Å². The number of aryl methyl sites for hydroxylation is 1. The van der Waals surface area contributed by atoms with E-state index in [1.165, 1.54) is 18.4 Å². The van der Waals surface area contributed by atoms with Gasteiger partial charge in [-0.05, 0) is 58.4 Å². The van der Waals surface area contributed by atoms with E-state index < -0.39 is 17.7 Å². The van der Waals surface area contributed by atoms with Crippen molar-refractivity contribution in [2.45, 2.75) is 64.5 Å². The SMILES string of the molecule is COC(=O)c1c(NC(=O)C2CC2)sc2c1CC(NC(=O)OC(C)(C)C)CC2. The molecule has 1 heterocycles. The van der Waals surface area contributed by atoms with E-state index in [9.17, 15) is 14.4 Å². The van der Waals surface area contributed by atoms with Crippen molar-refractivity contribution >= 4 is 34.3 Å². The number of anilines is 1. The van der Waals surface area contributed by atoms with Crippen LogP contribution < -0.4 is 10.6 Å². The van der Waals surface area contributed by atoms with Crippen LogP contribution in [-0.4, -0.2) is 36.7 Å². The number of amides is 2. The van der Waals surface area contributed by atoms with Gasteiger partial charge in [-0.3, -0.25) is 4.79 Å². The van der Waals surface area contributed by atoms with Gasteiger partial charge in [-0.2, -0.15) is 0 Å². The molecule has 7 nitrogen and oxygen atoms in total. The molecule has 0 saturated heterocycles. The maximum atomic E-state index is 12.4. The minimum Gasteiger partial charge on any atom is -0.465 e. The number of carbonyl (C=O) groups excluding carboxylic acids is 3. The Labute approximate surface area is 162 Å². The Morgan fingerprint density at radius 1 is 1.15 bits per heavy atom. The summed E-state index contributed by atoms with van der Waals surface area (Å²) in [6.07, 6.45) is 3.31. The van der Waals surface area contributed by atoms with Crippen LogP contribution in [0.5, 0.6) is 0 Å². The zero-order chi connectivity index (χ0) is 19.8. The highest BCUT2D eigenvalue weighted by atomic mass is 32.1. The van der Waals surface area contributed by atoms with Crippen molar-refractivity contribution in [2.75, 3.05) is 12.4 Å². The van der Waals surface area contributed by atoms with Crippen LogP contribution in [0.4, 0.5) is 9.80 Å². The van der Waals surface area contributed by atoms with Gasteiger partial charge in [0.25, 0.3) is 0 Å². The first-order chi connectivity index (χ1) is 12.7. The lowest BCUT2D eigenvalue weighted by Gasteiger charge is -2.26. The largest absolute Gasteiger partial charge is 0.465 e. The Balaban J connectivity index is 1.77. The number of methoxy groups -OCH3 is 1. The number of ether oxygens (including phenoxy) is 2. The first kappa shape index (κ1) is 19.7. The predicted octanol–water partition coefficient (Wildman–Crippen LogP) is 3.27. The third kappa shape index (κ3) is 4.80. The fraction of sp³-hybridized carbons (Fsp3) is 0.632. The van der Waals surface area contributed by atoms with Crippen molar-refractivity contribution in [1.29, 1.82) is 0 Å². The number of nitrogens with one attached hydrogen (secondary N) is 2. The molecule has 2 aliphatic carbocycles. The zero-order valence-electron chi connectivity index (χ0n) is 16.1. The summed E-state index contributed by atoms with van der Waals surface area (Å²) in [6.45, 7) is 5.44. The van der Waals surface area contributed by atoms with Gasteiger partial charge in [0.1, 0.15) is 10.6 Å². The van der Waals surface area contributed by atoms with Gasteiger partial charge in [0.05, 0.1) is 12.7 Å². The quantitative estimate of drug-likeness (QED) is 0.765. The lowest BCUT2D eigenvalue weighted by Crippen LogP contribution is -2.41. The van der Waals surface area contributed by atoms with E-state index in [0.717, 1.165) is 36.1 Å². The highest BCUT2D eigenvalue weighted by molar-refractivity contribution is 7.17. The summed E-state index contributed by atoms with van der Waals surface area (Å²) in [5.41, 5.74) is 0.705. The molecule has 2 N–H and O–H groups in total. The van der Waals surface area contributed by atoms with Gasteiger partial charge in [-0.15, -0.1) is 11.3 Å². The highest BCUT2D eigenvalue weighted by Gasteiger charge is 2.34. The molecule has 1 atom stereocenters. The van der Waals surface area contributed by atoms with E-state index in [0.29, 0.717) is 17.0 Å². The van der Waals surface area contributed by atoms with Crippen LogP contribution in [0.1, 0.15) is 60.8 Å². The Morgan fingerprint density at radius 3 is 2.44 bits per heavy atom. The number of hydrogen-bond acceptors (Lipinski definition) is 6. The van der Waals surface area contributed by atoms with Crippen LogP contribution in [0, 0.1) is 5.92 Å². The third-order valence-corrected chi connectivity index (χ3v) is 5.76. The molecular weight excluding hydrogens is 368 g/mol. The standard InChI is InChI=1S/C19H26N2O5S/c1-19(2,3)26-18(24)20-11-7-8-13-12(9-11)14(17(23)25-4)16(27-13)21-15(22)10-5-6-10/h10-11H,5-9H2,1-4H3,(H,20,24)(H,21,22). The number of thiophene rings is 1. The van der Waals surface area contributed by atoms with Gasteiger partial charge in [0.15, 0.2) is 0 Å². The molecule has 1 aromatic rings. The van der Waals surface area contributed by atoms with E-state index >= 15 is 0 Å². The van der Waals surface area contributed by atoms with Crippen molar-refractivity contribution in [3.63, 3.8) is 0 Å². The van der Waals surface area contributed by atoms with Crippen molar-refractivity contribution < 1.29 is 23.9 Å². The summed E-state index contributed by atoms with van der Waals surface area (Å²) in [4.78, 5) is 37.7. The van der Waals surface area contributed by atoms with Crippen LogP contribution >= 0.6 is 11.3 Å². The van der Waals surface area contributed by atoms with Crippen LogP contribution in [-0.2, 0) is 27.1 Å². The van der Waals surface area contributed by atoms with E-state index in [4.69, 9.17) is 9.47 Å². The number of rotatable bonds is 4. The second kappa shape index (κ2) is 7.50. The molecule has 0 bridgehead atoms. The second-order valence-electron chi connectivity index (χ2n) is 8.05. The molecule has 0 radical (unpaired) electrons. The molecule has 27 heavy (non-hydrogen) atoms. The molecule has 1 saturated carbocycles. The summed E-state index contributed by atoms with van der Waals surface area (Å²) in [5.74, 6) is -0.449. The zero-order valence-corrected chi connectivity index (χ0v) is 17.0. The average molecular weight is 394 g/mol. The van der Waals surface area contributed by atoms with Gasteiger partial charge in [0.2, 0.25) is 5.91 Å². The van der Waals surface area contributed by atoms with Crippen LogP contribution in [0.3, 0.4) is 0 Å². The molecular formula is C19H26N2O5S. The number of carbonyl (C=O) groups is 3. The molecule has 3 rings (SSSR count). The van der Waals surface area contributed by atoms with Gasteiger partial charge in [-0.1, -0.05) is 0 Å². The van der Waals surface area contributed by atoms with E-state index in [1.54, 1.807) is 0 Å². The topological polar surface area (TPSA) is 93.7 Å². The highest BCUT2D eigenvalue weighted by Crippen LogP contribution is 2.40. The lowest BCUT2D eigenvalue weighted by molar-refractivity contribution is -0.117. The lowest BCUT2D eigenvalue weighted by atomic mass is 9.91. The summed E-state index contributed by atoms with van der Waals surface area (Å²) in [6, 6.07) is -0.127.